The summed E-state index contributed by atoms with van der Waals surface area (Å²) in [5.41, 5.74) is 5.03. The van der Waals surface area contributed by atoms with Crippen LogP contribution in [0.4, 0.5) is 0 Å². The van der Waals surface area contributed by atoms with Crippen LogP contribution >= 0.6 is 0 Å². The summed E-state index contributed by atoms with van der Waals surface area (Å²) in [7, 11) is 0. The third-order valence-corrected chi connectivity index (χ3v) is 3.24. The summed E-state index contributed by atoms with van der Waals surface area (Å²) < 4.78 is 1.89. The van der Waals surface area contributed by atoms with Gasteiger partial charge in [0.25, 0.3) is 0 Å². The van der Waals surface area contributed by atoms with Crippen molar-refractivity contribution in [3.05, 3.63) is 47.8 Å². The molecule has 2 aromatic heterocycles. The van der Waals surface area contributed by atoms with Gasteiger partial charge in [-0.25, -0.2) is 4.68 Å². The average molecular weight is 267 g/mol. The Morgan fingerprint density at radius 3 is 2.95 bits per heavy atom. The highest BCUT2D eigenvalue weighted by Gasteiger charge is 2.10. The molecule has 0 atom stereocenters. The zero-order valence-corrected chi connectivity index (χ0v) is 11.7. The number of para-hydroxylation sites is 1. The molecule has 20 heavy (non-hydrogen) atoms. The lowest BCUT2D eigenvalue weighted by atomic mass is 10.2. The largest absolute Gasteiger partial charge is 0.313 e. The van der Waals surface area contributed by atoms with E-state index in [1.807, 2.05) is 48.1 Å². The van der Waals surface area contributed by atoms with Crippen molar-refractivity contribution in [1.29, 1.82) is 0 Å². The minimum atomic E-state index is 0.771. The smallest absolute Gasteiger partial charge is 0.113 e. The molecule has 3 rings (SSSR count). The first-order valence-electron chi connectivity index (χ1n) is 6.76. The van der Waals surface area contributed by atoms with E-state index in [4.69, 9.17) is 0 Å². The third kappa shape index (κ3) is 2.28. The Balaban J connectivity index is 2.14. The Kier molecular flexibility index (Phi) is 3.43. The van der Waals surface area contributed by atoms with Crippen molar-refractivity contribution in [2.24, 2.45) is 0 Å². The zero-order valence-electron chi connectivity index (χ0n) is 11.7. The van der Waals surface area contributed by atoms with Crippen LogP contribution in [0.25, 0.3) is 16.7 Å². The summed E-state index contributed by atoms with van der Waals surface area (Å²) in [5, 5.41) is 11.8. The number of pyridine rings is 1. The summed E-state index contributed by atoms with van der Waals surface area (Å²) in [6.45, 7) is 5.77. The van der Waals surface area contributed by atoms with Gasteiger partial charge < -0.3 is 5.32 Å². The van der Waals surface area contributed by atoms with Gasteiger partial charge in [-0.1, -0.05) is 24.3 Å². The number of nitrogens with zero attached hydrogens (tertiary/aromatic N) is 4. The topological polar surface area (TPSA) is 55.6 Å². The zero-order chi connectivity index (χ0) is 13.9. The van der Waals surface area contributed by atoms with Crippen LogP contribution in [0.2, 0.25) is 0 Å². The van der Waals surface area contributed by atoms with Crippen LogP contribution in [0.5, 0.6) is 0 Å². The van der Waals surface area contributed by atoms with E-state index in [1.165, 1.54) is 0 Å². The first-order valence-corrected chi connectivity index (χ1v) is 6.76. The molecule has 0 spiro atoms. The maximum atomic E-state index is 4.38. The molecule has 0 saturated heterocycles. The molecule has 0 unspecified atom stereocenters. The molecule has 0 saturated carbocycles. The van der Waals surface area contributed by atoms with E-state index in [-0.39, 0.29) is 0 Å². The maximum absolute atomic E-state index is 4.38. The van der Waals surface area contributed by atoms with Gasteiger partial charge in [0.05, 0.1) is 11.2 Å². The highest BCUT2D eigenvalue weighted by molar-refractivity contribution is 5.76. The Morgan fingerprint density at radius 1 is 1.25 bits per heavy atom. The van der Waals surface area contributed by atoms with Gasteiger partial charge in [0.15, 0.2) is 0 Å². The van der Waals surface area contributed by atoms with Gasteiger partial charge in [0.2, 0.25) is 0 Å². The molecule has 0 aliphatic rings. The second kappa shape index (κ2) is 5.38. The molecule has 0 aliphatic heterocycles. The number of hydrogen-bond acceptors (Lipinski definition) is 4. The van der Waals surface area contributed by atoms with Crippen molar-refractivity contribution >= 4 is 11.0 Å². The number of benzene rings is 1. The van der Waals surface area contributed by atoms with Gasteiger partial charge in [-0.2, -0.15) is 0 Å². The van der Waals surface area contributed by atoms with Crippen molar-refractivity contribution in [3.8, 4) is 5.69 Å². The lowest BCUT2D eigenvalue weighted by Crippen LogP contribution is -2.15. The van der Waals surface area contributed by atoms with Gasteiger partial charge in [-0.3, -0.25) is 4.98 Å². The van der Waals surface area contributed by atoms with Crippen LogP contribution in [0, 0.1) is 6.92 Å². The molecule has 3 aromatic rings. The van der Waals surface area contributed by atoms with Crippen LogP contribution in [0.3, 0.4) is 0 Å². The van der Waals surface area contributed by atoms with Gasteiger partial charge in [0, 0.05) is 24.0 Å². The van der Waals surface area contributed by atoms with E-state index < -0.39 is 0 Å². The van der Waals surface area contributed by atoms with Crippen LogP contribution in [0.15, 0.2) is 36.5 Å². The first kappa shape index (κ1) is 12.7. The Hall–Kier alpha value is -2.27. The summed E-state index contributed by atoms with van der Waals surface area (Å²) in [4.78, 5) is 4.38. The predicted octanol–water partition coefficient (Wildman–Crippen LogP) is 2.23. The monoisotopic (exact) mass is 267 g/mol. The molecule has 0 fully saturated rings. The minimum Gasteiger partial charge on any atom is -0.313 e. The van der Waals surface area contributed by atoms with Crippen molar-refractivity contribution in [2.45, 2.75) is 20.4 Å². The van der Waals surface area contributed by atoms with Gasteiger partial charge in [-0.05, 0) is 31.7 Å². The number of fused-ring (bicyclic) bond motifs is 1. The predicted molar refractivity (Wildman–Crippen MR) is 78.8 cm³/mol. The Labute approximate surface area is 117 Å². The highest BCUT2D eigenvalue weighted by atomic mass is 15.4. The normalized spacial score (nSPS) is 11.1. The summed E-state index contributed by atoms with van der Waals surface area (Å²) in [6, 6.07) is 10.0. The number of aryl methyl sites for hydroxylation is 1. The second-order valence-corrected chi connectivity index (χ2v) is 4.72. The van der Waals surface area contributed by atoms with Crippen molar-refractivity contribution < 1.29 is 0 Å². The SMILES string of the molecule is CCNCc1cnc(C)cc1-n1nnc2ccccc21. The molecule has 0 aliphatic carbocycles. The first-order chi connectivity index (χ1) is 9.79. The average Bonchev–Trinajstić information content (AvgIpc) is 2.90. The fourth-order valence-electron chi connectivity index (χ4n) is 2.21. The molecule has 5 heteroatoms. The Bertz CT molecular complexity index is 732. The summed E-state index contributed by atoms with van der Waals surface area (Å²) >= 11 is 0. The van der Waals surface area contributed by atoms with E-state index in [2.05, 4.69) is 27.5 Å². The van der Waals surface area contributed by atoms with Crippen molar-refractivity contribution in [1.82, 2.24) is 25.3 Å². The summed E-state index contributed by atoms with van der Waals surface area (Å²) in [5.74, 6) is 0. The maximum Gasteiger partial charge on any atom is 0.113 e. The lowest BCUT2D eigenvalue weighted by molar-refractivity contribution is 0.710. The molecule has 5 nitrogen and oxygen atoms in total. The van der Waals surface area contributed by atoms with E-state index in [0.29, 0.717) is 0 Å². The molecular formula is C15H17N5. The van der Waals surface area contributed by atoms with Crippen LogP contribution in [-0.2, 0) is 6.54 Å². The third-order valence-electron chi connectivity index (χ3n) is 3.24. The molecule has 0 amide bonds. The highest BCUT2D eigenvalue weighted by Crippen LogP contribution is 2.19. The Morgan fingerprint density at radius 2 is 2.10 bits per heavy atom. The molecule has 1 aromatic carbocycles. The molecule has 1 N–H and O–H groups in total. The minimum absolute atomic E-state index is 0.771. The van der Waals surface area contributed by atoms with Crippen LogP contribution in [0.1, 0.15) is 18.2 Å². The lowest BCUT2D eigenvalue weighted by Gasteiger charge is -2.10. The van der Waals surface area contributed by atoms with Crippen molar-refractivity contribution in [2.75, 3.05) is 6.54 Å². The number of aromatic nitrogens is 4. The molecule has 0 radical (unpaired) electrons. The number of hydrogen-bond donors (Lipinski definition) is 1. The van der Waals surface area contributed by atoms with Gasteiger partial charge in [0.1, 0.15) is 5.52 Å². The quantitative estimate of drug-likeness (QED) is 0.787. The number of nitrogens with one attached hydrogen (secondary N) is 1. The molecular weight excluding hydrogens is 250 g/mol. The van der Waals surface area contributed by atoms with Gasteiger partial charge >= 0.3 is 0 Å². The molecule has 2 heterocycles. The van der Waals surface area contributed by atoms with Crippen LogP contribution < -0.4 is 5.32 Å². The van der Waals surface area contributed by atoms with E-state index >= 15 is 0 Å². The van der Waals surface area contributed by atoms with Crippen molar-refractivity contribution in [3.63, 3.8) is 0 Å². The number of rotatable bonds is 4. The van der Waals surface area contributed by atoms with Gasteiger partial charge in [-0.15, -0.1) is 5.10 Å². The summed E-state index contributed by atoms with van der Waals surface area (Å²) in [6.07, 6.45) is 1.91. The van der Waals surface area contributed by atoms with Crippen LogP contribution in [-0.4, -0.2) is 26.5 Å². The fourth-order valence-corrected chi connectivity index (χ4v) is 2.21. The van der Waals surface area contributed by atoms with E-state index in [1.54, 1.807) is 0 Å². The standard InChI is InChI=1S/C15H17N5/c1-3-16-9-12-10-17-11(2)8-15(12)20-14-7-5-4-6-13(14)18-19-20/h4-8,10,16H,3,9H2,1-2H3. The molecule has 0 bridgehead atoms. The second-order valence-electron chi connectivity index (χ2n) is 4.72. The fraction of sp³-hybridized carbons (Fsp3) is 0.267. The van der Waals surface area contributed by atoms with E-state index in [9.17, 15) is 0 Å². The van der Waals surface area contributed by atoms with E-state index in [0.717, 1.165) is 41.1 Å². The molecule has 102 valence electrons.